The van der Waals surface area contributed by atoms with Gasteiger partial charge in [0.2, 0.25) is 5.91 Å². The first-order valence-electron chi connectivity index (χ1n) is 7.97. The molecule has 2 unspecified atom stereocenters. The van der Waals surface area contributed by atoms with Gasteiger partial charge < -0.3 is 15.0 Å². The Balaban J connectivity index is 2.01. The summed E-state index contributed by atoms with van der Waals surface area (Å²) in [6.45, 7) is 8.87. The summed E-state index contributed by atoms with van der Waals surface area (Å²) in [5.74, 6) is -0.337. The number of likely N-dealkylation sites (N-methyl/N-ethyl adjacent to an activating group) is 1. The lowest BCUT2D eigenvalue weighted by Crippen LogP contribution is -2.56. The zero-order valence-electron chi connectivity index (χ0n) is 13.8. The van der Waals surface area contributed by atoms with Gasteiger partial charge in [0.05, 0.1) is 0 Å². The highest BCUT2D eigenvalue weighted by molar-refractivity contribution is 6.50. The van der Waals surface area contributed by atoms with Crippen LogP contribution >= 0.6 is 0 Å². The summed E-state index contributed by atoms with van der Waals surface area (Å²) in [4.78, 5) is 30.2. The summed E-state index contributed by atoms with van der Waals surface area (Å²) >= 11 is 0. The Kier molecular flexibility index (Phi) is 3.19. The molecule has 0 spiro atoms. The van der Waals surface area contributed by atoms with Gasteiger partial charge in [-0.3, -0.25) is 9.59 Å². The van der Waals surface area contributed by atoms with Crippen molar-refractivity contribution in [2.24, 2.45) is 21.4 Å². The molecule has 2 aliphatic carbocycles. The summed E-state index contributed by atoms with van der Waals surface area (Å²) in [5, 5.41) is 12.6. The van der Waals surface area contributed by atoms with E-state index in [2.05, 4.69) is 10.1 Å². The van der Waals surface area contributed by atoms with Crippen LogP contribution in [0.3, 0.4) is 0 Å². The van der Waals surface area contributed by atoms with Crippen molar-refractivity contribution in [2.75, 3.05) is 33.2 Å². The third-order valence-corrected chi connectivity index (χ3v) is 6.83. The molecule has 22 heavy (non-hydrogen) atoms. The van der Waals surface area contributed by atoms with Crippen molar-refractivity contribution in [1.29, 1.82) is 0 Å². The molecule has 2 saturated carbocycles. The smallest absolute Gasteiger partial charge is 0.237 e. The summed E-state index contributed by atoms with van der Waals surface area (Å²) in [6, 6.07) is 0. The van der Waals surface area contributed by atoms with Crippen molar-refractivity contribution in [2.45, 2.75) is 33.6 Å². The van der Waals surface area contributed by atoms with E-state index < -0.39 is 16.2 Å². The maximum atomic E-state index is 13.3. The number of nitrogens with zero attached hydrogens (tertiary/aromatic N) is 3. The van der Waals surface area contributed by atoms with Crippen LogP contribution in [0.1, 0.15) is 33.6 Å². The number of amides is 1. The Bertz CT molecular complexity index is 563. The minimum atomic E-state index is -1.06. The Morgan fingerprint density at radius 2 is 1.73 bits per heavy atom. The number of rotatable bonds is 1. The third-order valence-electron chi connectivity index (χ3n) is 6.83. The molecule has 1 aliphatic heterocycles. The Morgan fingerprint density at radius 3 is 2.23 bits per heavy atom. The van der Waals surface area contributed by atoms with Crippen LogP contribution < -0.4 is 0 Å². The maximum Gasteiger partial charge on any atom is 0.237 e. The Hall–Kier alpha value is -1.43. The van der Waals surface area contributed by atoms with E-state index in [-0.39, 0.29) is 17.4 Å². The molecule has 2 bridgehead atoms. The second kappa shape index (κ2) is 4.54. The number of oxime groups is 1. The predicted octanol–water partition coefficient (Wildman–Crippen LogP) is 0.986. The van der Waals surface area contributed by atoms with Gasteiger partial charge in [-0.1, -0.05) is 25.9 Å². The highest BCUT2D eigenvalue weighted by Crippen LogP contribution is 2.69. The van der Waals surface area contributed by atoms with Crippen LogP contribution in [0.4, 0.5) is 0 Å². The molecule has 1 heterocycles. The average Bonchev–Trinajstić information content (AvgIpc) is 2.75. The largest absolute Gasteiger partial charge is 0.411 e. The van der Waals surface area contributed by atoms with Gasteiger partial charge in [0.1, 0.15) is 11.1 Å². The summed E-state index contributed by atoms with van der Waals surface area (Å²) in [6.07, 6.45) is 1.27. The minimum Gasteiger partial charge on any atom is -0.411 e. The first-order valence-corrected chi connectivity index (χ1v) is 7.97. The van der Waals surface area contributed by atoms with Gasteiger partial charge in [-0.15, -0.1) is 0 Å². The first-order chi connectivity index (χ1) is 10.2. The average molecular weight is 307 g/mol. The number of carbonyl (C=O) groups excluding carboxylic acids is 2. The van der Waals surface area contributed by atoms with Crippen LogP contribution in [0.25, 0.3) is 0 Å². The number of ketones is 1. The molecule has 0 aromatic carbocycles. The van der Waals surface area contributed by atoms with Crippen LogP contribution in [-0.2, 0) is 9.59 Å². The summed E-state index contributed by atoms with van der Waals surface area (Å²) in [7, 11) is 2.04. The van der Waals surface area contributed by atoms with E-state index in [9.17, 15) is 14.8 Å². The van der Waals surface area contributed by atoms with Crippen LogP contribution in [0.15, 0.2) is 5.16 Å². The van der Waals surface area contributed by atoms with E-state index in [0.29, 0.717) is 25.9 Å². The zero-order valence-corrected chi connectivity index (χ0v) is 13.8. The number of fused-ring (bicyclic) bond motifs is 2. The van der Waals surface area contributed by atoms with Gasteiger partial charge in [-0.2, -0.15) is 0 Å². The number of carbonyl (C=O) groups is 2. The first kappa shape index (κ1) is 15.5. The van der Waals surface area contributed by atoms with Gasteiger partial charge >= 0.3 is 0 Å². The molecular formula is C16H25N3O3. The van der Waals surface area contributed by atoms with E-state index in [1.54, 1.807) is 0 Å². The van der Waals surface area contributed by atoms with Crippen LogP contribution in [0.2, 0.25) is 0 Å². The topological polar surface area (TPSA) is 73.2 Å². The minimum absolute atomic E-state index is 0.0713. The second-order valence-corrected chi connectivity index (χ2v) is 7.74. The number of hydrogen-bond donors (Lipinski definition) is 1. The molecule has 3 aliphatic rings. The van der Waals surface area contributed by atoms with Gasteiger partial charge in [-0.05, 0) is 25.3 Å². The van der Waals surface area contributed by atoms with Gasteiger partial charge in [0.25, 0.3) is 0 Å². The molecule has 122 valence electrons. The number of hydrogen-bond acceptors (Lipinski definition) is 5. The van der Waals surface area contributed by atoms with E-state index in [0.717, 1.165) is 13.1 Å². The number of Topliss-reactive ketones (excluding diaryl/α,β-unsaturated/α-hetero) is 1. The predicted molar refractivity (Wildman–Crippen MR) is 81.9 cm³/mol. The van der Waals surface area contributed by atoms with Crippen molar-refractivity contribution in [1.82, 2.24) is 9.80 Å². The fourth-order valence-corrected chi connectivity index (χ4v) is 4.70. The highest BCUT2D eigenvalue weighted by Gasteiger charge is 2.77. The molecule has 1 amide bonds. The molecule has 0 aromatic rings. The lowest BCUT2D eigenvalue weighted by Gasteiger charge is -2.42. The lowest BCUT2D eigenvalue weighted by molar-refractivity contribution is -0.154. The van der Waals surface area contributed by atoms with Gasteiger partial charge in [-0.25, -0.2) is 0 Å². The molecule has 0 aromatic heterocycles. The molecule has 1 saturated heterocycles. The fourth-order valence-electron chi connectivity index (χ4n) is 4.70. The molecule has 0 radical (unpaired) electrons. The monoisotopic (exact) mass is 307 g/mol. The summed E-state index contributed by atoms with van der Waals surface area (Å²) in [5.41, 5.74) is -1.93. The van der Waals surface area contributed by atoms with E-state index in [1.165, 1.54) is 0 Å². The quantitative estimate of drug-likeness (QED) is 0.445. The van der Waals surface area contributed by atoms with Gasteiger partial charge in [0, 0.05) is 31.6 Å². The van der Waals surface area contributed by atoms with Crippen LogP contribution in [0.5, 0.6) is 0 Å². The molecule has 3 rings (SSSR count). The normalized spacial score (nSPS) is 39.7. The van der Waals surface area contributed by atoms with E-state index >= 15 is 0 Å². The second-order valence-electron chi connectivity index (χ2n) is 7.74. The van der Waals surface area contributed by atoms with E-state index in [1.807, 2.05) is 32.7 Å². The van der Waals surface area contributed by atoms with Crippen molar-refractivity contribution in [3.63, 3.8) is 0 Å². The maximum absolute atomic E-state index is 13.3. The van der Waals surface area contributed by atoms with Crippen LogP contribution in [0, 0.1) is 16.2 Å². The van der Waals surface area contributed by atoms with Crippen molar-refractivity contribution >= 4 is 17.4 Å². The molecule has 6 heteroatoms. The molecule has 1 N–H and O–H groups in total. The Morgan fingerprint density at radius 1 is 1.14 bits per heavy atom. The SMILES string of the molecule is CN1CCN(C(=O)C23CCC(C)(C(=NO)C2=O)C3(C)C)CC1. The number of piperazine rings is 1. The van der Waals surface area contributed by atoms with Crippen molar-refractivity contribution in [3.8, 4) is 0 Å². The molecular weight excluding hydrogens is 282 g/mol. The van der Waals surface area contributed by atoms with Crippen molar-refractivity contribution in [3.05, 3.63) is 0 Å². The van der Waals surface area contributed by atoms with Crippen LogP contribution in [-0.4, -0.2) is 65.6 Å². The Labute approximate surface area is 131 Å². The highest BCUT2D eigenvalue weighted by atomic mass is 16.4. The standard InChI is InChI=1S/C16H25N3O3/c1-14(2)15(3)5-6-16(14,12(20)11(15)17-22)13(21)19-9-7-18(4)8-10-19/h22H,5-10H2,1-4H3. The molecule has 3 fully saturated rings. The van der Waals surface area contributed by atoms with Gasteiger partial charge in [0.15, 0.2) is 5.78 Å². The lowest BCUT2D eigenvalue weighted by atomic mass is 9.64. The zero-order chi connectivity index (χ0) is 16.3. The molecule has 6 nitrogen and oxygen atoms in total. The molecule has 2 atom stereocenters. The van der Waals surface area contributed by atoms with E-state index in [4.69, 9.17) is 0 Å². The third kappa shape index (κ3) is 1.51. The van der Waals surface area contributed by atoms with Crippen molar-refractivity contribution < 1.29 is 14.8 Å². The fraction of sp³-hybridized carbons (Fsp3) is 0.812. The summed E-state index contributed by atoms with van der Waals surface area (Å²) < 4.78 is 0.